The summed E-state index contributed by atoms with van der Waals surface area (Å²) in [6, 6.07) is 0. The van der Waals surface area contributed by atoms with E-state index in [1.165, 1.54) is 70.4 Å². The first-order valence-electron chi connectivity index (χ1n) is 9.10. The molecule has 1 aromatic heterocycles. The first-order chi connectivity index (χ1) is 10.8. The van der Waals surface area contributed by atoms with Crippen LogP contribution in [0.5, 0.6) is 0 Å². The number of nitrogens with zero attached hydrogens (tertiary/aromatic N) is 3. The van der Waals surface area contributed by atoms with Crippen LogP contribution in [0.1, 0.15) is 56.7 Å². The summed E-state index contributed by atoms with van der Waals surface area (Å²) in [5.74, 6) is 2.83. The summed E-state index contributed by atoms with van der Waals surface area (Å²) in [5, 5.41) is 0. The van der Waals surface area contributed by atoms with Crippen molar-refractivity contribution in [3.63, 3.8) is 0 Å². The van der Waals surface area contributed by atoms with Gasteiger partial charge in [0.2, 0.25) is 0 Å². The van der Waals surface area contributed by atoms with Gasteiger partial charge in [-0.15, -0.1) is 0 Å². The Morgan fingerprint density at radius 2 is 2.09 bits per heavy atom. The predicted molar refractivity (Wildman–Crippen MR) is 89.0 cm³/mol. The van der Waals surface area contributed by atoms with Crippen molar-refractivity contribution in [1.82, 2.24) is 14.5 Å². The first-order valence-corrected chi connectivity index (χ1v) is 9.10. The van der Waals surface area contributed by atoms with Crippen molar-refractivity contribution in [2.75, 3.05) is 32.8 Å². The van der Waals surface area contributed by atoms with Crippen LogP contribution in [0.15, 0.2) is 12.4 Å². The molecule has 0 spiro atoms. The van der Waals surface area contributed by atoms with Crippen LogP contribution in [-0.4, -0.2) is 47.3 Å². The van der Waals surface area contributed by atoms with E-state index in [1.54, 1.807) is 0 Å². The monoisotopic (exact) mass is 305 g/mol. The van der Waals surface area contributed by atoms with Crippen LogP contribution in [-0.2, 0) is 11.8 Å². The number of aryl methyl sites for hydroxylation is 1. The van der Waals surface area contributed by atoms with Crippen LogP contribution in [0.2, 0.25) is 0 Å². The Hall–Kier alpha value is -0.870. The van der Waals surface area contributed by atoms with Gasteiger partial charge in [-0.3, -0.25) is 0 Å². The van der Waals surface area contributed by atoms with Gasteiger partial charge in [0.25, 0.3) is 0 Å². The van der Waals surface area contributed by atoms with E-state index in [2.05, 4.69) is 27.7 Å². The third-order valence-corrected chi connectivity index (χ3v) is 5.41. The summed E-state index contributed by atoms with van der Waals surface area (Å²) in [4.78, 5) is 7.22. The van der Waals surface area contributed by atoms with Crippen molar-refractivity contribution in [1.29, 1.82) is 0 Å². The molecule has 22 heavy (non-hydrogen) atoms. The Morgan fingerprint density at radius 3 is 2.86 bits per heavy atom. The van der Waals surface area contributed by atoms with Crippen molar-refractivity contribution >= 4 is 0 Å². The van der Waals surface area contributed by atoms with Gasteiger partial charge in [0, 0.05) is 45.1 Å². The molecule has 0 N–H and O–H groups in total. The molecule has 4 nitrogen and oxygen atoms in total. The second-order valence-corrected chi connectivity index (χ2v) is 7.09. The van der Waals surface area contributed by atoms with Crippen LogP contribution < -0.4 is 0 Å². The van der Waals surface area contributed by atoms with E-state index >= 15 is 0 Å². The smallest absolute Gasteiger partial charge is 0.112 e. The van der Waals surface area contributed by atoms with Gasteiger partial charge in [0.1, 0.15) is 5.82 Å². The van der Waals surface area contributed by atoms with E-state index in [1.807, 2.05) is 6.20 Å². The Morgan fingerprint density at radius 1 is 1.23 bits per heavy atom. The number of piperidine rings is 1. The van der Waals surface area contributed by atoms with E-state index in [4.69, 9.17) is 4.74 Å². The van der Waals surface area contributed by atoms with E-state index in [-0.39, 0.29) is 0 Å². The lowest BCUT2D eigenvalue weighted by atomic mass is 9.93. The lowest BCUT2D eigenvalue weighted by molar-refractivity contribution is 0.0627. The topological polar surface area (TPSA) is 30.3 Å². The van der Waals surface area contributed by atoms with E-state index < -0.39 is 0 Å². The highest BCUT2D eigenvalue weighted by Gasteiger charge is 2.23. The number of imidazole rings is 1. The number of rotatable bonds is 6. The van der Waals surface area contributed by atoms with Crippen LogP contribution in [0.25, 0.3) is 0 Å². The van der Waals surface area contributed by atoms with Crippen LogP contribution in [0.3, 0.4) is 0 Å². The number of ether oxygens (including phenoxy) is 1. The zero-order valence-corrected chi connectivity index (χ0v) is 14.0. The molecule has 1 aromatic rings. The Bertz CT molecular complexity index is 439. The van der Waals surface area contributed by atoms with Crippen molar-refractivity contribution < 1.29 is 4.74 Å². The van der Waals surface area contributed by atoms with Gasteiger partial charge in [-0.05, 0) is 51.1 Å². The van der Waals surface area contributed by atoms with Crippen molar-refractivity contribution in [3.8, 4) is 0 Å². The fourth-order valence-electron chi connectivity index (χ4n) is 4.04. The molecule has 0 saturated carbocycles. The zero-order valence-electron chi connectivity index (χ0n) is 14.0. The second kappa shape index (κ2) is 8.11. The third-order valence-electron chi connectivity index (χ3n) is 5.41. The summed E-state index contributed by atoms with van der Waals surface area (Å²) >= 11 is 0. The number of likely N-dealkylation sites (tertiary alicyclic amines) is 1. The van der Waals surface area contributed by atoms with E-state index in [0.717, 1.165) is 19.1 Å². The molecule has 0 amide bonds. The normalized spacial score (nSPS) is 24.7. The lowest BCUT2D eigenvalue weighted by Crippen LogP contribution is -2.36. The van der Waals surface area contributed by atoms with Crippen molar-refractivity contribution in [2.24, 2.45) is 13.0 Å². The Balaban J connectivity index is 1.36. The Kier molecular flexibility index (Phi) is 5.90. The maximum atomic E-state index is 5.44. The fourth-order valence-corrected chi connectivity index (χ4v) is 4.04. The average Bonchev–Trinajstić information content (AvgIpc) is 2.99. The molecule has 124 valence electrons. The number of unbranched alkanes of at least 4 members (excludes halogenated alkanes) is 1. The molecule has 4 heteroatoms. The van der Waals surface area contributed by atoms with Gasteiger partial charge in [-0.2, -0.15) is 0 Å². The zero-order chi connectivity index (χ0) is 15.2. The molecular formula is C18H31N3O. The fraction of sp³-hybridized carbons (Fsp3) is 0.833. The summed E-state index contributed by atoms with van der Waals surface area (Å²) in [6.07, 6.45) is 13.3. The standard InChI is InChI=1S/C18H31N3O/c1-20-12-9-19-18(20)17-6-4-11-21(15-17)10-3-2-5-16-7-13-22-14-8-16/h9,12,16-17H,2-8,10-11,13-15H2,1H3/t17-/m1/s1. The summed E-state index contributed by atoms with van der Waals surface area (Å²) < 4.78 is 7.64. The van der Waals surface area contributed by atoms with Crippen LogP contribution in [0.4, 0.5) is 0 Å². The maximum Gasteiger partial charge on any atom is 0.112 e. The molecule has 0 unspecified atom stereocenters. The quantitative estimate of drug-likeness (QED) is 0.756. The molecule has 0 aromatic carbocycles. The molecule has 2 aliphatic heterocycles. The van der Waals surface area contributed by atoms with Crippen LogP contribution >= 0.6 is 0 Å². The van der Waals surface area contributed by atoms with Gasteiger partial charge >= 0.3 is 0 Å². The molecule has 3 heterocycles. The largest absolute Gasteiger partial charge is 0.381 e. The minimum Gasteiger partial charge on any atom is -0.381 e. The molecule has 3 rings (SSSR count). The average molecular weight is 305 g/mol. The minimum absolute atomic E-state index is 0.629. The highest BCUT2D eigenvalue weighted by molar-refractivity contribution is 5.02. The first kappa shape index (κ1) is 16.0. The van der Waals surface area contributed by atoms with Crippen LogP contribution in [0, 0.1) is 5.92 Å². The van der Waals surface area contributed by atoms with Gasteiger partial charge in [0.15, 0.2) is 0 Å². The summed E-state index contributed by atoms with van der Waals surface area (Å²) in [5.41, 5.74) is 0. The lowest BCUT2D eigenvalue weighted by Gasteiger charge is -2.32. The highest BCUT2D eigenvalue weighted by atomic mass is 16.5. The molecule has 0 aliphatic carbocycles. The number of hydrogen-bond donors (Lipinski definition) is 0. The van der Waals surface area contributed by atoms with Crippen molar-refractivity contribution in [3.05, 3.63) is 18.2 Å². The highest BCUT2D eigenvalue weighted by Crippen LogP contribution is 2.26. The van der Waals surface area contributed by atoms with Gasteiger partial charge < -0.3 is 14.2 Å². The summed E-state index contributed by atoms with van der Waals surface area (Å²) in [6.45, 7) is 5.72. The number of aromatic nitrogens is 2. The molecule has 0 radical (unpaired) electrons. The van der Waals surface area contributed by atoms with E-state index in [9.17, 15) is 0 Å². The summed E-state index contributed by atoms with van der Waals surface area (Å²) in [7, 11) is 2.12. The minimum atomic E-state index is 0.629. The molecule has 0 bridgehead atoms. The second-order valence-electron chi connectivity index (χ2n) is 7.09. The SMILES string of the molecule is Cn1ccnc1[C@@H]1CCCN(CCCCC2CCOCC2)C1. The molecule has 1 atom stereocenters. The molecule has 2 fully saturated rings. The number of hydrogen-bond acceptors (Lipinski definition) is 3. The molecular weight excluding hydrogens is 274 g/mol. The maximum absolute atomic E-state index is 5.44. The predicted octanol–water partition coefficient (Wildman–Crippen LogP) is 3.20. The van der Waals surface area contributed by atoms with Gasteiger partial charge in [0.05, 0.1) is 0 Å². The molecule has 2 aliphatic rings. The third kappa shape index (κ3) is 4.32. The van der Waals surface area contributed by atoms with Gasteiger partial charge in [-0.25, -0.2) is 4.98 Å². The van der Waals surface area contributed by atoms with E-state index in [0.29, 0.717) is 5.92 Å². The van der Waals surface area contributed by atoms with Gasteiger partial charge in [-0.1, -0.05) is 12.8 Å². The molecule has 2 saturated heterocycles. The van der Waals surface area contributed by atoms with Crippen molar-refractivity contribution in [2.45, 2.75) is 50.9 Å². The Labute approximate surface area is 134 Å².